The Labute approximate surface area is 119 Å². The highest BCUT2D eigenvalue weighted by molar-refractivity contribution is 6.17. The fourth-order valence-electron chi connectivity index (χ4n) is 2.70. The molecule has 0 spiro atoms. The number of rotatable bonds is 4. The summed E-state index contributed by atoms with van der Waals surface area (Å²) in [6.45, 7) is 3.73. The number of carbonyl (C=O) groups is 1. The van der Waals surface area contributed by atoms with Crippen LogP contribution in [0.1, 0.15) is 42.4 Å². The van der Waals surface area contributed by atoms with Crippen molar-refractivity contribution in [3.8, 4) is 0 Å². The third kappa shape index (κ3) is 3.30. The van der Waals surface area contributed by atoms with Crippen LogP contribution in [0.15, 0.2) is 6.07 Å². The second-order valence-electron chi connectivity index (χ2n) is 5.24. The van der Waals surface area contributed by atoms with Crippen LogP contribution in [0.2, 0.25) is 0 Å². The quantitative estimate of drug-likeness (QED) is 0.796. The minimum Gasteiger partial charge on any atom is -0.337 e. The van der Waals surface area contributed by atoms with Gasteiger partial charge in [-0.2, -0.15) is 5.10 Å². The molecular formula is C14H22ClN3O. The van der Waals surface area contributed by atoms with E-state index in [-0.39, 0.29) is 5.91 Å². The molecule has 0 N–H and O–H groups in total. The number of piperidine rings is 1. The van der Waals surface area contributed by atoms with Crippen molar-refractivity contribution in [1.82, 2.24) is 14.7 Å². The molecule has 1 atom stereocenters. The van der Waals surface area contributed by atoms with Crippen molar-refractivity contribution in [2.24, 2.45) is 13.0 Å². The Hall–Kier alpha value is -1.03. The molecule has 1 fully saturated rings. The Balaban J connectivity index is 2.07. The third-order valence-corrected chi connectivity index (χ3v) is 4.05. The van der Waals surface area contributed by atoms with Crippen molar-refractivity contribution in [1.29, 1.82) is 0 Å². The number of carbonyl (C=O) groups excluding carboxylic acids is 1. The molecule has 2 rings (SSSR count). The summed E-state index contributed by atoms with van der Waals surface area (Å²) in [6, 6.07) is 1.91. The lowest BCUT2D eigenvalue weighted by Gasteiger charge is -2.32. The number of aryl methyl sites for hydroxylation is 2. The summed E-state index contributed by atoms with van der Waals surface area (Å²) in [5, 5.41) is 4.35. The van der Waals surface area contributed by atoms with Crippen LogP contribution in [-0.2, 0) is 13.5 Å². The Bertz CT molecular complexity index is 442. The van der Waals surface area contributed by atoms with E-state index < -0.39 is 0 Å². The number of alkyl halides is 1. The molecule has 1 amide bonds. The molecule has 1 aliphatic rings. The predicted octanol–water partition coefficient (Wildman–Crippen LogP) is 2.46. The lowest BCUT2D eigenvalue weighted by atomic mass is 9.95. The molecule has 1 unspecified atom stereocenters. The van der Waals surface area contributed by atoms with Gasteiger partial charge in [0.15, 0.2) is 0 Å². The number of halogens is 1. The predicted molar refractivity (Wildman–Crippen MR) is 76.6 cm³/mol. The third-order valence-electron chi connectivity index (χ3n) is 3.84. The number of nitrogens with zero attached hydrogens (tertiary/aromatic N) is 3. The molecule has 1 aliphatic heterocycles. The Morgan fingerprint density at radius 1 is 1.58 bits per heavy atom. The van der Waals surface area contributed by atoms with Gasteiger partial charge in [-0.05, 0) is 37.7 Å². The van der Waals surface area contributed by atoms with E-state index >= 15 is 0 Å². The summed E-state index contributed by atoms with van der Waals surface area (Å²) in [6.07, 6.45) is 4.11. The van der Waals surface area contributed by atoms with Gasteiger partial charge in [0.2, 0.25) is 0 Å². The molecule has 1 saturated heterocycles. The van der Waals surface area contributed by atoms with Crippen molar-refractivity contribution in [3.05, 3.63) is 17.5 Å². The summed E-state index contributed by atoms with van der Waals surface area (Å²) < 4.78 is 1.70. The van der Waals surface area contributed by atoms with Crippen LogP contribution >= 0.6 is 11.6 Å². The van der Waals surface area contributed by atoms with Gasteiger partial charge in [-0.25, -0.2) is 0 Å². The van der Waals surface area contributed by atoms with Gasteiger partial charge in [-0.3, -0.25) is 9.48 Å². The molecule has 1 aromatic rings. The highest BCUT2D eigenvalue weighted by Crippen LogP contribution is 2.21. The molecule has 4 nitrogen and oxygen atoms in total. The first-order valence-electron chi connectivity index (χ1n) is 7.03. The number of amides is 1. The molecule has 0 aromatic carbocycles. The normalized spacial score (nSPS) is 19.7. The zero-order valence-corrected chi connectivity index (χ0v) is 12.5. The first kappa shape index (κ1) is 14.4. The molecule has 0 radical (unpaired) electrons. The molecule has 0 bridgehead atoms. The molecular weight excluding hydrogens is 262 g/mol. The number of hydrogen-bond acceptors (Lipinski definition) is 2. The highest BCUT2D eigenvalue weighted by atomic mass is 35.5. The number of likely N-dealkylation sites (tertiary alicyclic amines) is 1. The average Bonchev–Trinajstić information content (AvgIpc) is 2.80. The van der Waals surface area contributed by atoms with Crippen LogP contribution < -0.4 is 0 Å². The molecule has 0 saturated carbocycles. The molecule has 1 aromatic heterocycles. The number of aromatic nitrogens is 2. The van der Waals surface area contributed by atoms with Crippen LogP contribution in [0.25, 0.3) is 0 Å². The van der Waals surface area contributed by atoms with Crippen molar-refractivity contribution in [3.63, 3.8) is 0 Å². The fraction of sp³-hybridized carbons (Fsp3) is 0.714. The van der Waals surface area contributed by atoms with E-state index in [1.807, 2.05) is 24.9 Å². The van der Waals surface area contributed by atoms with Crippen molar-refractivity contribution < 1.29 is 4.79 Å². The SMILES string of the molecule is CCc1cc(C(=O)N2CCCC(CCCl)C2)n(C)n1. The molecule has 0 aliphatic carbocycles. The minimum atomic E-state index is 0.106. The molecule has 2 heterocycles. The Morgan fingerprint density at radius 3 is 3.00 bits per heavy atom. The topological polar surface area (TPSA) is 38.1 Å². The maximum atomic E-state index is 12.5. The van der Waals surface area contributed by atoms with E-state index in [1.54, 1.807) is 4.68 Å². The van der Waals surface area contributed by atoms with Gasteiger partial charge in [-0.15, -0.1) is 11.6 Å². The first-order valence-corrected chi connectivity index (χ1v) is 7.57. The van der Waals surface area contributed by atoms with E-state index in [4.69, 9.17) is 11.6 Å². The summed E-state index contributed by atoms with van der Waals surface area (Å²) in [7, 11) is 1.84. The van der Waals surface area contributed by atoms with Gasteiger partial charge in [0.1, 0.15) is 5.69 Å². The van der Waals surface area contributed by atoms with Gasteiger partial charge in [0.25, 0.3) is 5.91 Å². The van der Waals surface area contributed by atoms with Crippen LogP contribution in [0.4, 0.5) is 0 Å². The Kier molecular flexibility index (Phi) is 4.86. The van der Waals surface area contributed by atoms with E-state index in [0.29, 0.717) is 17.5 Å². The van der Waals surface area contributed by atoms with E-state index in [1.165, 1.54) is 6.42 Å². The van der Waals surface area contributed by atoms with Crippen LogP contribution in [0, 0.1) is 5.92 Å². The average molecular weight is 284 g/mol. The monoisotopic (exact) mass is 283 g/mol. The van der Waals surface area contributed by atoms with Crippen molar-refractivity contribution >= 4 is 17.5 Å². The van der Waals surface area contributed by atoms with Crippen LogP contribution in [-0.4, -0.2) is 39.6 Å². The zero-order chi connectivity index (χ0) is 13.8. The second kappa shape index (κ2) is 6.42. The van der Waals surface area contributed by atoms with Gasteiger partial charge in [-0.1, -0.05) is 6.92 Å². The van der Waals surface area contributed by atoms with E-state index in [9.17, 15) is 4.79 Å². The lowest BCUT2D eigenvalue weighted by Crippen LogP contribution is -2.40. The largest absolute Gasteiger partial charge is 0.337 e. The lowest BCUT2D eigenvalue weighted by molar-refractivity contribution is 0.0660. The smallest absolute Gasteiger partial charge is 0.272 e. The Morgan fingerprint density at radius 2 is 2.37 bits per heavy atom. The van der Waals surface area contributed by atoms with Gasteiger partial charge >= 0.3 is 0 Å². The molecule has 106 valence electrons. The molecule has 19 heavy (non-hydrogen) atoms. The van der Waals surface area contributed by atoms with Gasteiger partial charge in [0.05, 0.1) is 5.69 Å². The van der Waals surface area contributed by atoms with Gasteiger partial charge < -0.3 is 4.90 Å². The van der Waals surface area contributed by atoms with Crippen molar-refractivity contribution in [2.75, 3.05) is 19.0 Å². The standard InChI is InChI=1S/C14H22ClN3O/c1-3-12-9-13(17(2)16-12)14(19)18-8-4-5-11(10-18)6-7-15/h9,11H,3-8,10H2,1-2H3. The summed E-state index contributed by atoms with van der Waals surface area (Å²) in [4.78, 5) is 14.5. The highest BCUT2D eigenvalue weighted by Gasteiger charge is 2.26. The number of hydrogen-bond donors (Lipinski definition) is 0. The second-order valence-corrected chi connectivity index (χ2v) is 5.61. The minimum absolute atomic E-state index is 0.106. The van der Waals surface area contributed by atoms with E-state index in [0.717, 1.165) is 38.0 Å². The summed E-state index contributed by atoms with van der Waals surface area (Å²) in [5.41, 5.74) is 1.67. The first-order chi connectivity index (χ1) is 9.15. The van der Waals surface area contributed by atoms with Gasteiger partial charge in [0, 0.05) is 26.0 Å². The van der Waals surface area contributed by atoms with Crippen LogP contribution in [0.3, 0.4) is 0 Å². The maximum absolute atomic E-state index is 12.5. The maximum Gasteiger partial charge on any atom is 0.272 e. The fourth-order valence-corrected chi connectivity index (χ4v) is 3.01. The summed E-state index contributed by atoms with van der Waals surface area (Å²) in [5.74, 6) is 1.33. The molecule has 5 heteroatoms. The zero-order valence-electron chi connectivity index (χ0n) is 11.7. The van der Waals surface area contributed by atoms with Crippen molar-refractivity contribution in [2.45, 2.75) is 32.6 Å². The van der Waals surface area contributed by atoms with Crippen LogP contribution in [0.5, 0.6) is 0 Å². The summed E-state index contributed by atoms with van der Waals surface area (Å²) >= 11 is 5.81. The van der Waals surface area contributed by atoms with E-state index in [2.05, 4.69) is 5.10 Å².